The van der Waals surface area contributed by atoms with Crippen LogP contribution >= 0.6 is 0 Å². The number of hydrogen-bond acceptors (Lipinski definition) is 7. The summed E-state index contributed by atoms with van der Waals surface area (Å²) in [5.41, 5.74) is 1.20. The molecule has 1 heterocycles. The van der Waals surface area contributed by atoms with Crippen molar-refractivity contribution >= 4 is 15.7 Å². The monoisotopic (exact) mass is 463 g/mol. The van der Waals surface area contributed by atoms with Gasteiger partial charge >= 0.3 is 0 Å². The first-order valence-electron chi connectivity index (χ1n) is 10.3. The lowest BCUT2D eigenvalue weighted by atomic mass is 10.1. The highest BCUT2D eigenvalue weighted by molar-refractivity contribution is 7.91. The van der Waals surface area contributed by atoms with Crippen molar-refractivity contribution in [3.05, 3.63) is 47.5 Å². The van der Waals surface area contributed by atoms with Crippen LogP contribution < -0.4 is 18.9 Å². The van der Waals surface area contributed by atoms with Gasteiger partial charge in [0.15, 0.2) is 21.3 Å². The molecule has 0 bridgehead atoms. The van der Waals surface area contributed by atoms with Crippen LogP contribution in [0.3, 0.4) is 0 Å². The van der Waals surface area contributed by atoms with E-state index in [-0.39, 0.29) is 24.0 Å². The molecule has 2 aromatic rings. The molecule has 0 unspecified atom stereocenters. The molecule has 1 aliphatic heterocycles. The Labute approximate surface area is 188 Å². The SMILES string of the molecule is CCOc1ccc(CN(C(=O)c2cc(OC)c(OC)c(OC)c2)[C@@H]2CCS(=O)(=O)C2)cc1. The van der Waals surface area contributed by atoms with E-state index in [4.69, 9.17) is 18.9 Å². The quantitative estimate of drug-likeness (QED) is 0.565. The number of hydrogen-bond donors (Lipinski definition) is 0. The maximum Gasteiger partial charge on any atom is 0.254 e. The highest BCUT2D eigenvalue weighted by Gasteiger charge is 2.35. The Kier molecular flexibility index (Phi) is 7.50. The van der Waals surface area contributed by atoms with Crippen molar-refractivity contribution in [2.75, 3.05) is 39.4 Å². The molecule has 3 rings (SSSR count). The van der Waals surface area contributed by atoms with Crippen LogP contribution in [-0.2, 0) is 16.4 Å². The second-order valence-electron chi connectivity index (χ2n) is 7.48. The summed E-state index contributed by atoms with van der Waals surface area (Å²) in [6, 6.07) is 10.2. The molecule has 0 spiro atoms. The first kappa shape index (κ1) is 23.7. The molecule has 0 N–H and O–H groups in total. The van der Waals surface area contributed by atoms with E-state index in [1.54, 1.807) is 17.0 Å². The van der Waals surface area contributed by atoms with Gasteiger partial charge in [-0.05, 0) is 43.2 Å². The van der Waals surface area contributed by atoms with Crippen molar-refractivity contribution in [3.8, 4) is 23.0 Å². The standard InChI is InChI=1S/C23H29NO7S/c1-5-31-19-8-6-16(7-9-19)14-24(18-10-11-32(26,27)15-18)23(25)17-12-20(28-2)22(30-4)21(13-17)29-3/h6-9,12-13,18H,5,10-11,14-15H2,1-4H3/t18-/m1/s1. The zero-order valence-electron chi connectivity index (χ0n) is 18.8. The van der Waals surface area contributed by atoms with Gasteiger partial charge in [0.2, 0.25) is 5.75 Å². The number of benzene rings is 2. The first-order valence-corrected chi connectivity index (χ1v) is 12.2. The number of ether oxygens (including phenoxy) is 4. The van der Waals surface area contributed by atoms with Gasteiger partial charge in [-0.25, -0.2) is 8.42 Å². The van der Waals surface area contributed by atoms with Crippen LogP contribution in [0.2, 0.25) is 0 Å². The van der Waals surface area contributed by atoms with Crippen molar-refractivity contribution in [2.45, 2.75) is 25.9 Å². The topological polar surface area (TPSA) is 91.4 Å². The van der Waals surface area contributed by atoms with Crippen LogP contribution in [0.5, 0.6) is 23.0 Å². The Hall–Kier alpha value is -2.94. The molecule has 0 aliphatic carbocycles. The molecule has 0 aromatic heterocycles. The summed E-state index contributed by atoms with van der Waals surface area (Å²) in [6.07, 6.45) is 0.398. The summed E-state index contributed by atoms with van der Waals surface area (Å²) in [6.45, 7) is 2.74. The smallest absolute Gasteiger partial charge is 0.254 e. The molecule has 0 saturated carbocycles. The van der Waals surface area contributed by atoms with Crippen molar-refractivity contribution in [3.63, 3.8) is 0 Å². The van der Waals surface area contributed by atoms with Crippen molar-refractivity contribution in [2.24, 2.45) is 0 Å². The molecule has 8 nitrogen and oxygen atoms in total. The van der Waals surface area contributed by atoms with Crippen molar-refractivity contribution in [1.82, 2.24) is 4.90 Å². The number of sulfone groups is 1. The van der Waals surface area contributed by atoms with E-state index in [0.29, 0.717) is 35.8 Å². The summed E-state index contributed by atoms with van der Waals surface area (Å²) in [7, 11) is 1.27. The number of nitrogens with zero attached hydrogens (tertiary/aromatic N) is 1. The van der Waals surface area contributed by atoms with Crippen LogP contribution in [-0.4, -0.2) is 64.7 Å². The van der Waals surface area contributed by atoms with E-state index >= 15 is 0 Å². The Morgan fingerprint density at radius 3 is 2.12 bits per heavy atom. The minimum Gasteiger partial charge on any atom is -0.494 e. The summed E-state index contributed by atoms with van der Waals surface area (Å²) in [4.78, 5) is 15.2. The maximum absolute atomic E-state index is 13.6. The predicted molar refractivity (Wildman–Crippen MR) is 121 cm³/mol. The molecular formula is C23H29NO7S. The van der Waals surface area contributed by atoms with E-state index in [1.165, 1.54) is 21.3 Å². The lowest BCUT2D eigenvalue weighted by Gasteiger charge is -2.29. The maximum atomic E-state index is 13.6. The number of amides is 1. The molecule has 174 valence electrons. The lowest BCUT2D eigenvalue weighted by molar-refractivity contribution is 0.0680. The fourth-order valence-electron chi connectivity index (χ4n) is 3.81. The molecule has 1 fully saturated rings. The summed E-state index contributed by atoms with van der Waals surface area (Å²) in [5, 5.41) is 0. The van der Waals surface area contributed by atoms with Crippen molar-refractivity contribution in [1.29, 1.82) is 0 Å². The fourth-order valence-corrected chi connectivity index (χ4v) is 5.54. The lowest BCUT2D eigenvalue weighted by Crippen LogP contribution is -2.40. The zero-order chi connectivity index (χ0) is 23.3. The van der Waals surface area contributed by atoms with Gasteiger partial charge < -0.3 is 23.8 Å². The van der Waals surface area contributed by atoms with Crippen LogP contribution in [0.15, 0.2) is 36.4 Å². The highest BCUT2D eigenvalue weighted by atomic mass is 32.2. The molecule has 1 aliphatic rings. The second-order valence-corrected chi connectivity index (χ2v) is 9.71. The average Bonchev–Trinajstić information content (AvgIpc) is 3.16. The van der Waals surface area contributed by atoms with Crippen LogP contribution in [0.4, 0.5) is 0 Å². The molecule has 1 amide bonds. The summed E-state index contributed by atoms with van der Waals surface area (Å²) in [5.74, 6) is 1.54. The van der Waals surface area contributed by atoms with Gasteiger partial charge in [-0.3, -0.25) is 4.79 Å². The van der Waals surface area contributed by atoms with E-state index in [2.05, 4.69) is 0 Å². The molecule has 2 aromatic carbocycles. The van der Waals surface area contributed by atoms with E-state index < -0.39 is 15.9 Å². The van der Waals surface area contributed by atoms with E-state index in [1.807, 2.05) is 31.2 Å². The van der Waals surface area contributed by atoms with Gasteiger partial charge in [-0.15, -0.1) is 0 Å². The third-order valence-electron chi connectivity index (χ3n) is 5.41. The molecule has 1 saturated heterocycles. The van der Waals surface area contributed by atoms with Crippen molar-refractivity contribution < 1.29 is 32.2 Å². The molecular weight excluding hydrogens is 434 g/mol. The van der Waals surface area contributed by atoms with E-state index in [9.17, 15) is 13.2 Å². The number of methoxy groups -OCH3 is 3. The van der Waals surface area contributed by atoms with Gasteiger partial charge in [0, 0.05) is 18.2 Å². The summed E-state index contributed by atoms with van der Waals surface area (Å²) < 4.78 is 45.9. The Morgan fingerprint density at radius 1 is 1.03 bits per heavy atom. The summed E-state index contributed by atoms with van der Waals surface area (Å²) >= 11 is 0. The molecule has 9 heteroatoms. The number of rotatable bonds is 9. The van der Waals surface area contributed by atoms with Gasteiger partial charge in [0.1, 0.15) is 5.75 Å². The molecule has 0 radical (unpaired) electrons. The predicted octanol–water partition coefficient (Wildman–Crippen LogP) is 2.94. The van der Waals surface area contributed by atoms with Gasteiger partial charge in [0.05, 0.1) is 39.4 Å². The third kappa shape index (κ3) is 5.27. The minimum absolute atomic E-state index is 0.0554. The molecule has 32 heavy (non-hydrogen) atoms. The van der Waals surface area contributed by atoms with Crippen LogP contribution in [0.1, 0.15) is 29.3 Å². The largest absolute Gasteiger partial charge is 0.494 e. The average molecular weight is 464 g/mol. The highest BCUT2D eigenvalue weighted by Crippen LogP contribution is 2.39. The Morgan fingerprint density at radius 2 is 1.66 bits per heavy atom. The Balaban J connectivity index is 1.96. The molecule has 1 atom stereocenters. The van der Waals surface area contributed by atoms with Gasteiger partial charge in [0.25, 0.3) is 5.91 Å². The fraction of sp³-hybridized carbons (Fsp3) is 0.435. The first-order chi connectivity index (χ1) is 15.3. The third-order valence-corrected chi connectivity index (χ3v) is 7.16. The van der Waals surface area contributed by atoms with Crippen LogP contribution in [0, 0.1) is 0 Å². The Bertz CT molecular complexity index is 1030. The van der Waals surface area contributed by atoms with E-state index in [0.717, 1.165) is 11.3 Å². The normalized spacial score (nSPS) is 16.9. The van der Waals surface area contributed by atoms with Gasteiger partial charge in [-0.2, -0.15) is 0 Å². The minimum atomic E-state index is -3.18. The second kappa shape index (κ2) is 10.1. The van der Waals surface area contributed by atoms with Crippen LogP contribution in [0.25, 0.3) is 0 Å². The van der Waals surface area contributed by atoms with Gasteiger partial charge in [-0.1, -0.05) is 12.1 Å². The number of carbonyl (C=O) groups excluding carboxylic acids is 1. The zero-order valence-corrected chi connectivity index (χ0v) is 19.6. The number of carbonyl (C=O) groups is 1.